The summed E-state index contributed by atoms with van der Waals surface area (Å²) in [6, 6.07) is 17.4. The van der Waals surface area contributed by atoms with E-state index >= 15 is 0 Å². The zero-order chi connectivity index (χ0) is 18.4. The van der Waals surface area contributed by atoms with Crippen molar-refractivity contribution in [3.8, 4) is 5.75 Å². The molecular weight excluding hydrogens is 326 g/mol. The number of nitrogens with zero attached hydrogens (tertiary/aromatic N) is 2. The molecule has 138 valence electrons. The van der Waals surface area contributed by atoms with Gasteiger partial charge < -0.3 is 15.3 Å². The zero-order valence-electron chi connectivity index (χ0n) is 15.3. The molecule has 0 unspecified atom stereocenters. The number of phenolic OH excluding ortho intramolecular Hbond substituents is 1. The van der Waals surface area contributed by atoms with Crippen molar-refractivity contribution >= 4 is 11.6 Å². The standard InChI is InChI=1S/C21H27N3O2/c1-17(21(26)22-12-11-18-5-3-2-4-6-18)23-13-15-24(16-14-23)19-7-9-20(25)10-8-19/h2-10,17,25H,11-16H2,1H3,(H,22,26)/t17-/m0/s1. The predicted octanol–water partition coefficient (Wildman–Crippen LogP) is 2.26. The average molecular weight is 353 g/mol. The first kappa shape index (κ1) is 18.3. The molecule has 1 fully saturated rings. The second kappa shape index (κ2) is 8.72. The molecule has 1 heterocycles. The Morgan fingerprint density at radius 1 is 1.04 bits per heavy atom. The summed E-state index contributed by atoms with van der Waals surface area (Å²) in [7, 11) is 0. The molecule has 0 aromatic heterocycles. The van der Waals surface area contributed by atoms with Gasteiger partial charge in [0.1, 0.15) is 5.75 Å². The summed E-state index contributed by atoms with van der Waals surface area (Å²) in [5, 5.41) is 12.5. The van der Waals surface area contributed by atoms with Crippen LogP contribution in [-0.2, 0) is 11.2 Å². The Balaban J connectivity index is 1.43. The van der Waals surface area contributed by atoms with Gasteiger partial charge in [-0.05, 0) is 43.2 Å². The van der Waals surface area contributed by atoms with Gasteiger partial charge in [0.05, 0.1) is 6.04 Å². The summed E-state index contributed by atoms with van der Waals surface area (Å²) in [6.07, 6.45) is 0.855. The molecule has 5 nitrogen and oxygen atoms in total. The molecule has 1 aliphatic rings. The third-order valence-electron chi connectivity index (χ3n) is 5.01. The van der Waals surface area contributed by atoms with E-state index < -0.39 is 0 Å². The number of carbonyl (C=O) groups excluding carboxylic acids is 1. The zero-order valence-corrected chi connectivity index (χ0v) is 15.3. The van der Waals surface area contributed by atoms with Crippen molar-refractivity contribution in [2.75, 3.05) is 37.6 Å². The van der Waals surface area contributed by atoms with Gasteiger partial charge in [-0.15, -0.1) is 0 Å². The highest BCUT2D eigenvalue weighted by atomic mass is 16.3. The van der Waals surface area contributed by atoms with Crippen LogP contribution in [0.1, 0.15) is 12.5 Å². The molecule has 0 saturated carbocycles. The third kappa shape index (κ3) is 4.76. The maximum Gasteiger partial charge on any atom is 0.237 e. The normalized spacial score (nSPS) is 16.3. The van der Waals surface area contributed by atoms with E-state index in [9.17, 15) is 9.90 Å². The second-order valence-corrected chi connectivity index (χ2v) is 6.74. The van der Waals surface area contributed by atoms with Crippen molar-refractivity contribution < 1.29 is 9.90 Å². The van der Waals surface area contributed by atoms with Crippen LogP contribution in [0.4, 0.5) is 5.69 Å². The van der Waals surface area contributed by atoms with Gasteiger partial charge in [-0.2, -0.15) is 0 Å². The van der Waals surface area contributed by atoms with Gasteiger partial charge in [-0.1, -0.05) is 30.3 Å². The van der Waals surface area contributed by atoms with Crippen molar-refractivity contribution in [3.63, 3.8) is 0 Å². The lowest BCUT2D eigenvalue weighted by Gasteiger charge is -2.38. The first-order valence-corrected chi connectivity index (χ1v) is 9.23. The molecule has 5 heteroatoms. The quantitative estimate of drug-likeness (QED) is 0.836. The Hall–Kier alpha value is -2.53. The Morgan fingerprint density at radius 3 is 2.35 bits per heavy atom. The summed E-state index contributed by atoms with van der Waals surface area (Å²) in [4.78, 5) is 16.9. The van der Waals surface area contributed by atoms with E-state index in [0.717, 1.165) is 38.3 Å². The topological polar surface area (TPSA) is 55.8 Å². The molecule has 0 spiro atoms. The molecule has 2 aromatic rings. The van der Waals surface area contributed by atoms with E-state index in [1.807, 2.05) is 37.3 Å². The summed E-state index contributed by atoms with van der Waals surface area (Å²) < 4.78 is 0. The minimum absolute atomic E-state index is 0.0963. The molecule has 2 N–H and O–H groups in total. The van der Waals surface area contributed by atoms with Gasteiger partial charge in [-0.3, -0.25) is 9.69 Å². The largest absolute Gasteiger partial charge is 0.508 e. The fraction of sp³-hybridized carbons (Fsp3) is 0.381. The number of piperazine rings is 1. The molecule has 2 aromatic carbocycles. The molecule has 1 atom stereocenters. The number of benzene rings is 2. The molecular formula is C21H27N3O2. The Kier molecular flexibility index (Phi) is 6.12. The van der Waals surface area contributed by atoms with Gasteiger partial charge in [0.15, 0.2) is 0 Å². The van der Waals surface area contributed by atoms with Crippen molar-refractivity contribution in [2.45, 2.75) is 19.4 Å². The van der Waals surface area contributed by atoms with Crippen molar-refractivity contribution in [2.24, 2.45) is 0 Å². The van der Waals surface area contributed by atoms with Crippen LogP contribution in [0.25, 0.3) is 0 Å². The van der Waals surface area contributed by atoms with E-state index in [1.165, 1.54) is 5.56 Å². The number of aromatic hydroxyl groups is 1. The van der Waals surface area contributed by atoms with E-state index in [0.29, 0.717) is 6.54 Å². The lowest BCUT2D eigenvalue weighted by atomic mass is 10.1. The summed E-state index contributed by atoms with van der Waals surface area (Å²) >= 11 is 0. The van der Waals surface area contributed by atoms with E-state index in [1.54, 1.807) is 12.1 Å². The van der Waals surface area contributed by atoms with E-state index in [2.05, 4.69) is 27.2 Å². The van der Waals surface area contributed by atoms with Crippen LogP contribution in [0.5, 0.6) is 5.75 Å². The van der Waals surface area contributed by atoms with Crippen LogP contribution in [-0.4, -0.2) is 54.7 Å². The maximum absolute atomic E-state index is 12.4. The van der Waals surface area contributed by atoms with Crippen LogP contribution in [0.15, 0.2) is 54.6 Å². The number of anilines is 1. The highest BCUT2D eigenvalue weighted by molar-refractivity contribution is 5.81. The number of carbonyl (C=O) groups is 1. The van der Waals surface area contributed by atoms with Crippen molar-refractivity contribution in [3.05, 3.63) is 60.2 Å². The maximum atomic E-state index is 12.4. The van der Waals surface area contributed by atoms with Crippen LogP contribution < -0.4 is 10.2 Å². The number of phenols is 1. The number of rotatable bonds is 6. The monoisotopic (exact) mass is 353 g/mol. The molecule has 1 aliphatic heterocycles. The highest BCUT2D eigenvalue weighted by Gasteiger charge is 2.25. The number of hydrogen-bond donors (Lipinski definition) is 2. The number of hydrogen-bond acceptors (Lipinski definition) is 4. The minimum atomic E-state index is -0.118. The number of nitrogens with one attached hydrogen (secondary N) is 1. The fourth-order valence-corrected chi connectivity index (χ4v) is 3.32. The third-order valence-corrected chi connectivity index (χ3v) is 5.01. The Labute approximate surface area is 155 Å². The van der Waals surface area contributed by atoms with Crippen LogP contribution in [0.3, 0.4) is 0 Å². The SMILES string of the molecule is C[C@@H](C(=O)NCCc1ccccc1)N1CCN(c2ccc(O)cc2)CC1. The molecule has 1 saturated heterocycles. The Morgan fingerprint density at radius 2 is 1.69 bits per heavy atom. The summed E-state index contributed by atoms with van der Waals surface area (Å²) in [5.74, 6) is 0.382. The lowest BCUT2D eigenvalue weighted by molar-refractivity contribution is -0.125. The van der Waals surface area contributed by atoms with E-state index in [4.69, 9.17) is 0 Å². The van der Waals surface area contributed by atoms with Gasteiger partial charge in [0.25, 0.3) is 0 Å². The first-order valence-electron chi connectivity index (χ1n) is 9.23. The smallest absolute Gasteiger partial charge is 0.237 e. The summed E-state index contributed by atoms with van der Waals surface area (Å²) in [5.41, 5.74) is 2.35. The fourth-order valence-electron chi connectivity index (χ4n) is 3.32. The van der Waals surface area contributed by atoms with Gasteiger partial charge in [0, 0.05) is 38.4 Å². The minimum Gasteiger partial charge on any atom is -0.508 e. The van der Waals surface area contributed by atoms with Crippen molar-refractivity contribution in [1.82, 2.24) is 10.2 Å². The van der Waals surface area contributed by atoms with Crippen molar-refractivity contribution in [1.29, 1.82) is 0 Å². The first-order chi connectivity index (χ1) is 12.6. The lowest BCUT2D eigenvalue weighted by Crippen LogP contribution is -2.54. The van der Waals surface area contributed by atoms with Gasteiger partial charge in [0.2, 0.25) is 5.91 Å². The summed E-state index contributed by atoms with van der Waals surface area (Å²) in [6.45, 7) is 6.12. The molecule has 0 radical (unpaired) electrons. The molecule has 0 aliphatic carbocycles. The van der Waals surface area contributed by atoms with Crippen LogP contribution >= 0.6 is 0 Å². The van der Waals surface area contributed by atoms with Gasteiger partial charge in [-0.25, -0.2) is 0 Å². The molecule has 3 rings (SSSR count). The number of amides is 1. The second-order valence-electron chi connectivity index (χ2n) is 6.74. The Bertz CT molecular complexity index is 695. The average Bonchev–Trinajstić information content (AvgIpc) is 2.69. The van der Waals surface area contributed by atoms with Crippen LogP contribution in [0.2, 0.25) is 0 Å². The van der Waals surface area contributed by atoms with Gasteiger partial charge >= 0.3 is 0 Å². The highest BCUT2D eigenvalue weighted by Crippen LogP contribution is 2.20. The molecule has 0 bridgehead atoms. The predicted molar refractivity (Wildman–Crippen MR) is 105 cm³/mol. The molecule has 1 amide bonds. The molecule has 26 heavy (non-hydrogen) atoms. The van der Waals surface area contributed by atoms with Crippen LogP contribution in [0, 0.1) is 0 Å². The van der Waals surface area contributed by atoms with E-state index in [-0.39, 0.29) is 17.7 Å².